The molecule has 98 valence electrons. The molecule has 2 aromatic heterocycles. The molecule has 2 aromatic rings. The van der Waals surface area contributed by atoms with Crippen molar-refractivity contribution in [1.29, 1.82) is 0 Å². The summed E-state index contributed by atoms with van der Waals surface area (Å²) in [7, 11) is 0. The van der Waals surface area contributed by atoms with Crippen molar-refractivity contribution in [1.82, 2.24) is 15.1 Å². The number of hydrogen-bond acceptors (Lipinski definition) is 3. The lowest BCUT2D eigenvalue weighted by Crippen LogP contribution is -2.20. The average Bonchev–Trinajstić information content (AvgIpc) is 2.96. The van der Waals surface area contributed by atoms with E-state index < -0.39 is 0 Å². The molecule has 0 aliphatic carbocycles. The third-order valence-electron chi connectivity index (χ3n) is 2.73. The van der Waals surface area contributed by atoms with Crippen molar-refractivity contribution in [3.05, 3.63) is 39.3 Å². The number of halogens is 1. The van der Waals surface area contributed by atoms with Crippen LogP contribution in [0.3, 0.4) is 0 Å². The summed E-state index contributed by atoms with van der Waals surface area (Å²) < 4.78 is 2.82. The molecule has 18 heavy (non-hydrogen) atoms. The SMILES string of the molecule is CCCn1cc(C(NCC)c2ccc(Cl)s2)cn1. The van der Waals surface area contributed by atoms with Gasteiger partial charge in [-0.3, -0.25) is 4.68 Å². The summed E-state index contributed by atoms with van der Waals surface area (Å²) in [4.78, 5) is 1.23. The van der Waals surface area contributed by atoms with E-state index in [1.54, 1.807) is 11.3 Å². The Bertz CT molecular complexity index is 492. The first-order valence-electron chi connectivity index (χ1n) is 6.25. The van der Waals surface area contributed by atoms with Gasteiger partial charge in [0.2, 0.25) is 0 Å². The monoisotopic (exact) mass is 283 g/mol. The minimum Gasteiger partial charge on any atom is -0.306 e. The fraction of sp³-hybridized carbons (Fsp3) is 0.462. The van der Waals surface area contributed by atoms with Gasteiger partial charge in [0.05, 0.1) is 16.6 Å². The van der Waals surface area contributed by atoms with Crippen molar-refractivity contribution in [2.75, 3.05) is 6.54 Å². The van der Waals surface area contributed by atoms with Crippen LogP contribution in [-0.4, -0.2) is 16.3 Å². The van der Waals surface area contributed by atoms with E-state index in [0.29, 0.717) is 0 Å². The highest BCUT2D eigenvalue weighted by atomic mass is 35.5. The van der Waals surface area contributed by atoms with Crippen molar-refractivity contribution < 1.29 is 0 Å². The normalized spacial score (nSPS) is 12.8. The average molecular weight is 284 g/mol. The molecule has 0 aromatic carbocycles. The highest BCUT2D eigenvalue weighted by Gasteiger charge is 2.16. The Morgan fingerprint density at radius 3 is 2.89 bits per heavy atom. The van der Waals surface area contributed by atoms with Crippen LogP contribution in [0.5, 0.6) is 0 Å². The Hall–Kier alpha value is -0.840. The van der Waals surface area contributed by atoms with E-state index in [1.165, 1.54) is 10.4 Å². The highest BCUT2D eigenvalue weighted by molar-refractivity contribution is 7.16. The molecule has 1 N–H and O–H groups in total. The molecule has 1 atom stereocenters. The fourth-order valence-corrected chi connectivity index (χ4v) is 3.12. The second-order valence-corrected chi connectivity index (χ2v) is 5.92. The number of aryl methyl sites for hydroxylation is 1. The van der Waals surface area contributed by atoms with Crippen LogP contribution in [0.15, 0.2) is 24.5 Å². The summed E-state index contributed by atoms with van der Waals surface area (Å²) >= 11 is 7.64. The van der Waals surface area contributed by atoms with Crippen LogP contribution in [0.1, 0.15) is 36.8 Å². The van der Waals surface area contributed by atoms with Crippen LogP contribution < -0.4 is 5.32 Å². The largest absolute Gasteiger partial charge is 0.306 e. The maximum absolute atomic E-state index is 6.02. The third-order valence-corrected chi connectivity index (χ3v) is 4.02. The highest BCUT2D eigenvalue weighted by Crippen LogP contribution is 2.30. The molecule has 0 aliphatic rings. The van der Waals surface area contributed by atoms with E-state index in [2.05, 4.69) is 36.5 Å². The molecule has 0 amide bonds. The number of nitrogens with one attached hydrogen (secondary N) is 1. The molecule has 0 bridgehead atoms. The second kappa shape index (κ2) is 6.36. The maximum Gasteiger partial charge on any atom is 0.0931 e. The second-order valence-electron chi connectivity index (χ2n) is 4.17. The standard InChI is InChI=1S/C13H18ClN3S/c1-3-7-17-9-10(8-16-17)13(15-4-2)11-5-6-12(14)18-11/h5-6,8-9,13,15H,3-4,7H2,1-2H3. The third kappa shape index (κ3) is 3.13. The van der Waals surface area contributed by atoms with Gasteiger partial charge in [-0.15, -0.1) is 11.3 Å². The zero-order chi connectivity index (χ0) is 13.0. The molecule has 0 spiro atoms. The molecule has 5 heteroatoms. The smallest absolute Gasteiger partial charge is 0.0931 e. The van der Waals surface area contributed by atoms with Gasteiger partial charge in [-0.2, -0.15) is 5.10 Å². The van der Waals surface area contributed by atoms with Gasteiger partial charge in [0, 0.05) is 23.2 Å². The van der Waals surface area contributed by atoms with E-state index in [4.69, 9.17) is 11.6 Å². The van der Waals surface area contributed by atoms with Crippen LogP contribution in [0, 0.1) is 0 Å². The number of hydrogen-bond donors (Lipinski definition) is 1. The van der Waals surface area contributed by atoms with Crippen LogP contribution >= 0.6 is 22.9 Å². The molecule has 3 nitrogen and oxygen atoms in total. The molecular formula is C13H18ClN3S. The summed E-state index contributed by atoms with van der Waals surface area (Å²) in [5, 5.41) is 7.87. The van der Waals surface area contributed by atoms with Gasteiger partial charge in [-0.25, -0.2) is 0 Å². The predicted molar refractivity (Wildman–Crippen MR) is 77.4 cm³/mol. The fourth-order valence-electron chi connectivity index (χ4n) is 1.95. The lowest BCUT2D eigenvalue weighted by molar-refractivity contribution is 0.598. The Kier molecular flexibility index (Phi) is 4.80. The number of rotatable bonds is 6. The van der Waals surface area contributed by atoms with Gasteiger partial charge in [0.1, 0.15) is 0 Å². The molecule has 1 unspecified atom stereocenters. The number of aromatic nitrogens is 2. The zero-order valence-electron chi connectivity index (χ0n) is 10.7. The maximum atomic E-state index is 6.02. The number of nitrogens with zero attached hydrogens (tertiary/aromatic N) is 2. The quantitative estimate of drug-likeness (QED) is 0.876. The van der Waals surface area contributed by atoms with Crippen molar-refractivity contribution >= 4 is 22.9 Å². The molecule has 0 saturated carbocycles. The van der Waals surface area contributed by atoms with E-state index in [-0.39, 0.29) is 6.04 Å². The van der Waals surface area contributed by atoms with Crippen LogP contribution in [-0.2, 0) is 6.54 Å². The topological polar surface area (TPSA) is 29.9 Å². The van der Waals surface area contributed by atoms with Crippen LogP contribution in [0.25, 0.3) is 0 Å². The van der Waals surface area contributed by atoms with Crippen molar-refractivity contribution in [2.45, 2.75) is 32.9 Å². The Balaban J connectivity index is 2.23. The van der Waals surface area contributed by atoms with Crippen molar-refractivity contribution in [3.63, 3.8) is 0 Å². The van der Waals surface area contributed by atoms with E-state index in [1.807, 2.05) is 16.9 Å². The molecule has 0 aliphatic heterocycles. The predicted octanol–water partition coefficient (Wildman–Crippen LogP) is 3.71. The Morgan fingerprint density at radius 1 is 1.44 bits per heavy atom. The van der Waals surface area contributed by atoms with Gasteiger partial charge in [0.25, 0.3) is 0 Å². The summed E-state index contributed by atoms with van der Waals surface area (Å²) in [6.07, 6.45) is 5.15. The lowest BCUT2D eigenvalue weighted by atomic mass is 10.1. The minimum atomic E-state index is 0.193. The van der Waals surface area contributed by atoms with Gasteiger partial charge in [-0.1, -0.05) is 25.4 Å². The van der Waals surface area contributed by atoms with E-state index in [0.717, 1.165) is 23.8 Å². The Labute approximate surface area is 117 Å². The summed E-state index contributed by atoms with van der Waals surface area (Å²) in [6.45, 7) is 6.14. The van der Waals surface area contributed by atoms with Gasteiger partial charge < -0.3 is 5.32 Å². The number of thiophene rings is 1. The van der Waals surface area contributed by atoms with Crippen LogP contribution in [0.2, 0.25) is 4.34 Å². The molecule has 0 fully saturated rings. The van der Waals surface area contributed by atoms with Crippen LogP contribution in [0.4, 0.5) is 0 Å². The molecular weight excluding hydrogens is 266 g/mol. The molecule has 0 radical (unpaired) electrons. The van der Waals surface area contributed by atoms with Crippen molar-refractivity contribution in [3.8, 4) is 0 Å². The molecule has 2 heterocycles. The van der Waals surface area contributed by atoms with E-state index in [9.17, 15) is 0 Å². The first-order chi connectivity index (χ1) is 8.74. The molecule has 0 saturated heterocycles. The summed E-state index contributed by atoms with van der Waals surface area (Å²) in [5.41, 5.74) is 1.20. The first-order valence-corrected chi connectivity index (χ1v) is 7.45. The van der Waals surface area contributed by atoms with Crippen molar-refractivity contribution in [2.24, 2.45) is 0 Å². The van der Waals surface area contributed by atoms with Gasteiger partial charge in [-0.05, 0) is 25.1 Å². The minimum absolute atomic E-state index is 0.193. The first kappa shape index (κ1) is 13.6. The summed E-state index contributed by atoms with van der Waals surface area (Å²) in [5.74, 6) is 0. The van der Waals surface area contributed by atoms with Gasteiger partial charge in [0.15, 0.2) is 0 Å². The lowest BCUT2D eigenvalue weighted by Gasteiger charge is -2.14. The van der Waals surface area contributed by atoms with Gasteiger partial charge >= 0.3 is 0 Å². The van der Waals surface area contributed by atoms with E-state index >= 15 is 0 Å². The Morgan fingerprint density at radius 2 is 2.28 bits per heavy atom. The zero-order valence-corrected chi connectivity index (χ0v) is 12.3. The summed E-state index contributed by atoms with van der Waals surface area (Å²) in [6, 6.07) is 4.22. The molecule has 2 rings (SSSR count).